The lowest BCUT2D eigenvalue weighted by Crippen LogP contribution is -2.34. The molecule has 0 aliphatic rings. The summed E-state index contributed by atoms with van der Waals surface area (Å²) < 4.78 is 0. The monoisotopic (exact) mass is 248 g/mol. The van der Waals surface area contributed by atoms with Crippen LogP contribution in [0.25, 0.3) is 0 Å². The van der Waals surface area contributed by atoms with E-state index < -0.39 is 6.10 Å². The fraction of sp³-hybridized carbons (Fsp3) is 0.800. The molecule has 0 aliphatic carbocycles. The van der Waals surface area contributed by atoms with Gasteiger partial charge in [0.05, 0.1) is 11.9 Å². The Morgan fingerprint density at radius 1 is 1.44 bits per heavy atom. The van der Waals surface area contributed by atoms with E-state index in [1.54, 1.807) is 6.92 Å². The molecule has 2 amide bonds. The molecular weight excluding hydrogens is 228 g/mol. The smallest absolute Gasteiger partial charge is 0.227 e. The Kier molecular flexibility index (Phi) is 8.01. The molecule has 0 rings (SSSR count). The van der Waals surface area contributed by atoms with Gasteiger partial charge >= 0.3 is 0 Å². The second-order valence-corrected chi connectivity index (χ2v) is 4.93. The standard InChI is InChI=1S/C10H20N2O3S/c1-7(5-8(2)13)12-10(15)3-4-16-6-9(11)14/h7-8,13H,3-6H2,1-2H3,(H2,11,14)(H,12,15). The van der Waals surface area contributed by atoms with Gasteiger partial charge in [0, 0.05) is 18.2 Å². The summed E-state index contributed by atoms with van der Waals surface area (Å²) in [5.41, 5.74) is 4.96. The Morgan fingerprint density at radius 3 is 2.56 bits per heavy atom. The van der Waals surface area contributed by atoms with Crippen LogP contribution in [0.15, 0.2) is 0 Å². The van der Waals surface area contributed by atoms with Crippen molar-refractivity contribution in [2.24, 2.45) is 5.73 Å². The van der Waals surface area contributed by atoms with Crippen LogP contribution >= 0.6 is 11.8 Å². The molecule has 16 heavy (non-hydrogen) atoms. The predicted octanol–water partition coefficient (Wildman–Crippen LogP) is -0.129. The first-order chi connectivity index (χ1) is 7.41. The van der Waals surface area contributed by atoms with Gasteiger partial charge in [-0.25, -0.2) is 0 Å². The molecule has 5 nitrogen and oxygen atoms in total. The minimum atomic E-state index is -0.417. The van der Waals surface area contributed by atoms with Crippen LogP contribution in [-0.4, -0.2) is 40.6 Å². The SMILES string of the molecule is CC(O)CC(C)NC(=O)CCSCC(N)=O. The van der Waals surface area contributed by atoms with E-state index in [-0.39, 0.29) is 23.6 Å². The third-order valence-electron chi connectivity index (χ3n) is 1.82. The maximum Gasteiger partial charge on any atom is 0.227 e. The number of hydrogen-bond donors (Lipinski definition) is 3. The number of carbonyl (C=O) groups excluding carboxylic acids is 2. The third kappa shape index (κ3) is 9.79. The van der Waals surface area contributed by atoms with E-state index in [2.05, 4.69) is 5.32 Å². The van der Waals surface area contributed by atoms with Gasteiger partial charge in [0.15, 0.2) is 0 Å². The number of aliphatic hydroxyl groups excluding tert-OH is 1. The van der Waals surface area contributed by atoms with Crippen LogP contribution in [0.4, 0.5) is 0 Å². The molecule has 0 aliphatic heterocycles. The quantitative estimate of drug-likeness (QED) is 0.522. The molecule has 0 radical (unpaired) electrons. The summed E-state index contributed by atoms with van der Waals surface area (Å²) in [7, 11) is 0. The number of thioether (sulfide) groups is 1. The zero-order valence-corrected chi connectivity index (χ0v) is 10.5. The number of carbonyl (C=O) groups is 2. The van der Waals surface area contributed by atoms with Gasteiger partial charge in [-0.1, -0.05) is 0 Å². The lowest BCUT2D eigenvalue weighted by atomic mass is 10.1. The minimum Gasteiger partial charge on any atom is -0.393 e. The summed E-state index contributed by atoms with van der Waals surface area (Å²) in [5.74, 6) is 0.394. The molecule has 4 N–H and O–H groups in total. The molecule has 0 spiro atoms. The van der Waals surface area contributed by atoms with Crippen LogP contribution in [-0.2, 0) is 9.59 Å². The second kappa shape index (κ2) is 8.41. The summed E-state index contributed by atoms with van der Waals surface area (Å²) in [5, 5.41) is 11.9. The molecule has 0 aromatic heterocycles. The van der Waals surface area contributed by atoms with E-state index in [4.69, 9.17) is 10.8 Å². The molecule has 0 bridgehead atoms. The Morgan fingerprint density at radius 2 is 2.06 bits per heavy atom. The van der Waals surface area contributed by atoms with Crippen LogP contribution < -0.4 is 11.1 Å². The first-order valence-corrected chi connectivity index (χ1v) is 6.40. The van der Waals surface area contributed by atoms with Crippen LogP contribution in [0.2, 0.25) is 0 Å². The Balaban J connectivity index is 3.54. The fourth-order valence-corrected chi connectivity index (χ4v) is 1.93. The highest BCUT2D eigenvalue weighted by Gasteiger charge is 2.09. The predicted molar refractivity (Wildman–Crippen MR) is 65.0 cm³/mol. The van der Waals surface area contributed by atoms with Crippen molar-refractivity contribution in [1.82, 2.24) is 5.32 Å². The van der Waals surface area contributed by atoms with Crippen LogP contribution in [0.1, 0.15) is 26.7 Å². The van der Waals surface area contributed by atoms with E-state index in [0.717, 1.165) is 0 Å². The Bertz CT molecular complexity index is 234. The number of primary amides is 1. The van der Waals surface area contributed by atoms with E-state index in [1.165, 1.54) is 11.8 Å². The molecule has 0 aromatic rings. The normalized spacial score (nSPS) is 14.2. The third-order valence-corrected chi connectivity index (χ3v) is 2.80. The van der Waals surface area contributed by atoms with Crippen molar-refractivity contribution >= 4 is 23.6 Å². The molecule has 0 aromatic carbocycles. The maximum absolute atomic E-state index is 11.4. The topological polar surface area (TPSA) is 92.4 Å². The second-order valence-electron chi connectivity index (χ2n) is 3.82. The first-order valence-electron chi connectivity index (χ1n) is 5.25. The summed E-state index contributed by atoms with van der Waals surface area (Å²) >= 11 is 1.35. The van der Waals surface area contributed by atoms with Gasteiger partial charge in [-0.05, 0) is 20.3 Å². The highest BCUT2D eigenvalue weighted by Crippen LogP contribution is 2.02. The van der Waals surface area contributed by atoms with E-state index in [1.807, 2.05) is 6.92 Å². The highest BCUT2D eigenvalue weighted by molar-refractivity contribution is 7.99. The van der Waals surface area contributed by atoms with Crippen molar-refractivity contribution in [3.8, 4) is 0 Å². The van der Waals surface area contributed by atoms with Crippen LogP contribution in [0.5, 0.6) is 0 Å². The van der Waals surface area contributed by atoms with Gasteiger partial charge in [-0.2, -0.15) is 11.8 Å². The van der Waals surface area contributed by atoms with E-state index in [9.17, 15) is 9.59 Å². The van der Waals surface area contributed by atoms with Gasteiger partial charge < -0.3 is 16.2 Å². The van der Waals surface area contributed by atoms with Crippen LogP contribution in [0.3, 0.4) is 0 Å². The largest absolute Gasteiger partial charge is 0.393 e. The van der Waals surface area contributed by atoms with Crippen molar-refractivity contribution in [2.75, 3.05) is 11.5 Å². The van der Waals surface area contributed by atoms with Gasteiger partial charge in [0.25, 0.3) is 0 Å². The van der Waals surface area contributed by atoms with E-state index >= 15 is 0 Å². The molecule has 0 heterocycles. The summed E-state index contributed by atoms with van der Waals surface area (Å²) in [4.78, 5) is 21.8. The summed E-state index contributed by atoms with van der Waals surface area (Å²) in [6.07, 6.45) is 0.488. The molecule has 0 saturated heterocycles. The average Bonchev–Trinajstić information content (AvgIpc) is 2.10. The molecular formula is C10H20N2O3S. The molecule has 94 valence electrons. The molecule has 6 heteroatoms. The van der Waals surface area contributed by atoms with Crippen LogP contribution in [0, 0.1) is 0 Å². The first kappa shape index (κ1) is 15.2. The number of hydrogen-bond acceptors (Lipinski definition) is 4. The lowest BCUT2D eigenvalue weighted by molar-refractivity contribution is -0.121. The van der Waals surface area contributed by atoms with Gasteiger partial charge in [-0.3, -0.25) is 9.59 Å². The van der Waals surface area contributed by atoms with Crippen molar-refractivity contribution in [3.05, 3.63) is 0 Å². The van der Waals surface area contributed by atoms with Crippen molar-refractivity contribution in [3.63, 3.8) is 0 Å². The fourth-order valence-electron chi connectivity index (χ4n) is 1.26. The number of nitrogens with two attached hydrogens (primary N) is 1. The van der Waals surface area contributed by atoms with E-state index in [0.29, 0.717) is 18.6 Å². The minimum absolute atomic E-state index is 0.0337. The van der Waals surface area contributed by atoms with Crippen molar-refractivity contribution in [1.29, 1.82) is 0 Å². The van der Waals surface area contributed by atoms with Crippen molar-refractivity contribution in [2.45, 2.75) is 38.8 Å². The lowest BCUT2D eigenvalue weighted by Gasteiger charge is -2.15. The summed E-state index contributed by atoms with van der Waals surface area (Å²) in [6.45, 7) is 3.53. The zero-order chi connectivity index (χ0) is 12.6. The highest BCUT2D eigenvalue weighted by atomic mass is 32.2. The molecule has 0 fully saturated rings. The van der Waals surface area contributed by atoms with Gasteiger partial charge in [0.2, 0.25) is 11.8 Å². The number of amides is 2. The molecule has 2 unspecified atom stereocenters. The summed E-state index contributed by atoms with van der Waals surface area (Å²) in [6, 6.07) is -0.0337. The average molecular weight is 248 g/mol. The van der Waals surface area contributed by atoms with Gasteiger partial charge in [0.1, 0.15) is 0 Å². The number of rotatable bonds is 8. The number of aliphatic hydroxyl groups is 1. The Hall–Kier alpha value is -0.750. The Labute approximate surface area is 100 Å². The molecule has 2 atom stereocenters. The number of nitrogens with one attached hydrogen (secondary N) is 1. The molecule has 0 saturated carbocycles. The van der Waals surface area contributed by atoms with Crippen molar-refractivity contribution < 1.29 is 14.7 Å². The maximum atomic E-state index is 11.4. The zero-order valence-electron chi connectivity index (χ0n) is 9.73. The van der Waals surface area contributed by atoms with Gasteiger partial charge in [-0.15, -0.1) is 0 Å².